The van der Waals surface area contributed by atoms with Crippen LogP contribution in [0.2, 0.25) is 5.02 Å². The van der Waals surface area contributed by atoms with Crippen LogP contribution in [0.4, 0.5) is 0 Å². The van der Waals surface area contributed by atoms with Gasteiger partial charge in [0, 0.05) is 6.08 Å². The Bertz CT molecular complexity index is 602. The van der Waals surface area contributed by atoms with Gasteiger partial charge in [0.2, 0.25) is 11.6 Å². The molecule has 0 aromatic heterocycles. The zero-order valence-electron chi connectivity index (χ0n) is 8.06. The van der Waals surface area contributed by atoms with E-state index in [1.165, 1.54) is 0 Å². The summed E-state index contributed by atoms with van der Waals surface area (Å²) in [4.78, 5) is 22.6. The Labute approximate surface area is 99.0 Å². The number of phenols is 3. The molecule has 7 heteroatoms. The molecule has 0 unspecified atom stereocenters. The van der Waals surface area contributed by atoms with E-state index in [1.54, 1.807) is 0 Å². The number of aliphatic hydroxyl groups excluding tert-OH is 1. The number of Topliss-reactive ketones (excluding diaryl/α,β-unsaturated/α-hetero) is 1. The first-order valence-corrected chi connectivity index (χ1v) is 4.70. The van der Waals surface area contributed by atoms with Gasteiger partial charge in [-0.25, -0.2) is 0 Å². The van der Waals surface area contributed by atoms with Gasteiger partial charge in [0.25, 0.3) is 0 Å². The molecule has 17 heavy (non-hydrogen) atoms. The third-order valence-corrected chi connectivity index (χ3v) is 2.70. The number of benzene rings is 1. The highest BCUT2D eigenvalue weighted by Gasteiger charge is 2.34. The fourth-order valence-electron chi connectivity index (χ4n) is 1.54. The van der Waals surface area contributed by atoms with Gasteiger partial charge >= 0.3 is 0 Å². The molecule has 1 aromatic rings. The molecular weight excluding hydrogens is 252 g/mol. The molecule has 0 spiro atoms. The van der Waals surface area contributed by atoms with Crippen LogP contribution >= 0.6 is 11.6 Å². The summed E-state index contributed by atoms with van der Waals surface area (Å²) in [6, 6.07) is 0. The summed E-state index contributed by atoms with van der Waals surface area (Å²) in [5.74, 6) is -5.55. The molecule has 1 aromatic carbocycles. The lowest BCUT2D eigenvalue weighted by Gasteiger charge is -2.16. The number of hydrogen-bond acceptors (Lipinski definition) is 6. The minimum Gasteiger partial charge on any atom is -0.507 e. The minimum atomic E-state index is -1.13. The van der Waals surface area contributed by atoms with Gasteiger partial charge in [0.1, 0.15) is 16.5 Å². The highest BCUT2D eigenvalue weighted by molar-refractivity contribution is 6.51. The number of aromatic hydroxyl groups is 3. The quantitative estimate of drug-likeness (QED) is 0.314. The Balaban J connectivity index is 2.96. The number of rotatable bonds is 0. The lowest BCUT2D eigenvalue weighted by Crippen LogP contribution is -2.19. The van der Waals surface area contributed by atoms with Gasteiger partial charge in [-0.3, -0.25) is 9.59 Å². The van der Waals surface area contributed by atoms with E-state index in [0.717, 1.165) is 0 Å². The third-order valence-electron chi connectivity index (χ3n) is 2.34. The van der Waals surface area contributed by atoms with E-state index in [2.05, 4.69) is 0 Å². The van der Waals surface area contributed by atoms with Crippen molar-refractivity contribution in [2.24, 2.45) is 0 Å². The SMILES string of the molecule is O=C1C=C(O)c2c(O)c(O)c(Cl)c(O)c2C1=O. The summed E-state index contributed by atoms with van der Waals surface area (Å²) < 4.78 is 0. The predicted molar refractivity (Wildman–Crippen MR) is 56.4 cm³/mol. The molecule has 1 aliphatic carbocycles. The number of phenolic OH excluding ortho intramolecular Hbond substituents is 3. The number of hydrogen-bond donors (Lipinski definition) is 4. The largest absolute Gasteiger partial charge is 0.507 e. The number of carbonyl (C=O) groups is 2. The lowest BCUT2D eigenvalue weighted by atomic mass is 9.92. The van der Waals surface area contributed by atoms with E-state index in [4.69, 9.17) is 11.6 Å². The maximum absolute atomic E-state index is 11.5. The molecule has 1 aliphatic rings. The minimum absolute atomic E-state index is 0.519. The molecule has 0 heterocycles. The van der Waals surface area contributed by atoms with Crippen molar-refractivity contribution >= 4 is 28.9 Å². The molecule has 0 saturated carbocycles. The van der Waals surface area contributed by atoms with Crippen molar-refractivity contribution in [2.45, 2.75) is 0 Å². The Morgan fingerprint density at radius 2 is 1.47 bits per heavy atom. The molecule has 0 aliphatic heterocycles. The molecular formula is C10H5ClO6. The molecule has 0 bridgehead atoms. The highest BCUT2D eigenvalue weighted by atomic mass is 35.5. The molecule has 0 amide bonds. The van der Waals surface area contributed by atoms with Crippen LogP contribution in [0.5, 0.6) is 17.2 Å². The van der Waals surface area contributed by atoms with Gasteiger partial charge in [-0.1, -0.05) is 11.6 Å². The Kier molecular flexibility index (Phi) is 2.25. The first-order valence-electron chi connectivity index (χ1n) is 4.32. The molecule has 0 radical (unpaired) electrons. The Morgan fingerprint density at radius 3 is 2.06 bits per heavy atom. The summed E-state index contributed by atoms with van der Waals surface area (Å²) in [7, 11) is 0. The predicted octanol–water partition coefficient (Wildman–Crippen LogP) is 1.12. The summed E-state index contributed by atoms with van der Waals surface area (Å²) in [5.41, 5.74) is -1.15. The molecule has 6 nitrogen and oxygen atoms in total. The first kappa shape index (κ1) is 11.3. The van der Waals surface area contributed by atoms with Crippen molar-refractivity contribution < 1.29 is 30.0 Å². The van der Waals surface area contributed by atoms with E-state index in [-0.39, 0.29) is 0 Å². The number of aliphatic hydroxyl groups is 1. The van der Waals surface area contributed by atoms with E-state index >= 15 is 0 Å². The van der Waals surface area contributed by atoms with Crippen molar-refractivity contribution in [3.63, 3.8) is 0 Å². The highest BCUT2D eigenvalue weighted by Crippen LogP contribution is 2.48. The summed E-state index contributed by atoms with van der Waals surface area (Å²) in [6.07, 6.45) is 0.581. The van der Waals surface area contributed by atoms with Crippen LogP contribution in [-0.4, -0.2) is 32.0 Å². The van der Waals surface area contributed by atoms with E-state index in [1.807, 2.05) is 0 Å². The lowest BCUT2D eigenvalue weighted by molar-refractivity contribution is -0.111. The monoisotopic (exact) mass is 256 g/mol. The van der Waals surface area contributed by atoms with Crippen LogP contribution in [0.25, 0.3) is 5.76 Å². The van der Waals surface area contributed by atoms with E-state index in [9.17, 15) is 30.0 Å². The van der Waals surface area contributed by atoms with Crippen molar-refractivity contribution in [3.8, 4) is 17.2 Å². The van der Waals surface area contributed by atoms with Crippen LogP contribution in [0, 0.1) is 0 Å². The smallest absolute Gasteiger partial charge is 0.237 e. The fraction of sp³-hybridized carbons (Fsp3) is 0. The topological polar surface area (TPSA) is 115 Å². The zero-order valence-corrected chi connectivity index (χ0v) is 8.82. The standard InChI is InChI=1S/C10H5ClO6/c11-6-8(15)5-4(9(16)10(6)17)2(12)1-3(13)7(5)14/h1,12,15-17H. The summed E-state index contributed by atoms with van der Waals surface area (Å²) in [6.45, 7) is 0. The van der Waals surface area contributed by atoms with Gasteiger partial charge in [-0.15, -0.1) is 0 Å². The van der Waals surface area contributed by atoms with Crippen LogP contribution in [0.3, 0.4) is 0 Å². The zero-order chi connectivity index (χ0) is 12.9. The van der Waals surface area contributed by atoms with Crippen molar-refractivity contribution in [3.05, 3.63) is 22.2 Å². The average Bonchev–Trinajstić information content (AvgIpc) is 2.28. The maximum Gasteiger partial charge on any atom is 0.237 e. The normalized spacial score (nSPS) is 14.5. The second-order valence-corrected chi connectivity index (χ2v) is 3.71. The van der Waals surface area contributed by atoms with Gasteiger partial charge in [0.15, 0.2) is 11.5 Å². The summed E-state index contributed by atoms with van der Waals surface area (Å²) in [5, 5.41) is 37.2. The average molecular weight is 257 g/mol. The van der Waals surface area contributed by atoms with Crippen molar-refractivity contribution in [2.75, 3.05) is 0 Å². The van der Waals surface area contributed by atoms with Crippen molar-refractivity contribution in [1.82, 2.24) is 0 Å². The first-order chi connectivity index (χ1) is 7.86. The van der Waals surface area contributed by atoms with Crippen LogP contribution in [0.1, 0.15) is 15.9 Å². The molecule has 0 fully saturated rings. The van der Waals surface area contributed by atoms with E-state index in [0.29, 0.717) is 6.08 Å². The number of ketones is 2. The van der Waals surface area contributed by atoms with Crippen LogP contribution in [-0.2, 0) is 4.79 Å². The third kappa shape index (κ3) is 1.34. The number of carbonyl (C=O) groups excluding carboxylic acids is 2. The van der Waals surface area contributed by atoms with Gasteiger partial charge in [-0.2, -0.15) is 0 Å². The summed E-state index contributed by atoms with van der Waals surface area (Å²) >= 11 is 5.46. The molecule has 88 valence electrons. The molecule has 0 saturated heterocycles. The Morgan fingerprint density at radius 1 is 0.882 bits per heavy atom. The van der Waals surface area contributed by atoms with Crippen LogP contribution < -0.4 is 0 Å². The fourth-order valence-corrected chi connectivity index (χ4v) is 1.72. The molecule has 0 atom stereocenters. The van der Waals surface area contributed by atoms with Crippen LogP contribution in [0.15, 0.2) is 6.08 Å². The van der Waals surface area contributed by atoms with Gasteiger partial charge in [-0.05, 0) is 0 Å². The Hall–Kier alpha value is -2.21. The second-order valence-electron chi connectivity index (χ2n) is 3.33. The van der Waals surface area contributed by atoms with Gasteiger partial charge in [0.05, 0.1) is 11.1 Å². The van der Waals surface area contributed by atoms with Gasteiger partial charge < -0.3 is 20.4 Å². The number of allylic oxidation sites excluding steroid dienone is 1. The second kappa shape index (κ2) is 3.39. The maximum atomic E-state index is 11.5. The number of halogens is 1. The van der Waals surface area contributed by atoms with Crippen molar-refractivity contribution in [1.29, 1.82) is 0 Å². The number of fused-ring (bicyclic) bond motifs is 1. The van der Waals surface area contributed by atoms with E-state index < -0.39 is 50.7 Å². The molecule has 4 N–H and O–H groups in total. The molecule has 2 rings (SSSR count).